The number of hydrogen-bond donors (Lipinski definition) is 1. The molecule has 16 heavy (non-hydrogen) atoms. The highest BCUT2D eigenvalue weighted by molar-refractivity contribution is 5.37. The molecule has 1 aromatic carbocycles. The van der Waals surface area contributed by atoms with Crippen LogP contribution in [0.3, 0.4) is 0 Å². The summed E-state index contributed by atoms with van der Waals surface area (Å²) < 4.78 is 37.6. The van der Waals surface area contributed by atoms with Crippen molar-refractivity contribution in [1.29, 1.82) is 0 Å². The fourth-order valence-electron chi connectivity index (χ4n) is 2.19. The smallest absolute Gasteiger partial charge is 0.310 e. The lowest BCUT2D eigenvalue weighted by Gasteiger charge is -2.26. The first-order valence-electron chi connectivity index (χ1n) is 5.45. The highest BCUT2D eigenvalue weighted by Gasteiger charge is 2.31. The third-order valence-corrected chi connectivity index (χ3v) is 3.04. The second-order valence-electron chi connectivity index (χ2n) is 4.08. The summed E-state index contributed by atoms with van der Waals surface area (Å²) >= 11 is 0. The standard InChI is InChI=1S/C12H14F3N/c1-2-11-10-4-3-9(12(13,14)15)7-8(10)5-6-16-11/h3-4,7,11,16H,2,5-6H2,1H3. The summed E-state index contributed by atoms with van der Waals surface area (Å²) in [4.78, 5) is 0. The van der Waals surface area contributed by atoms with Crippen LogP contribution in [0.2, 0.25) is 0 Å². The van der Waals surface area contributed by atoms with Crippen LogP contribution >= 0.6 is 0 Å². The Bertz CT molecular complexity index is 384. The molecule has 1 aliphatic rings. The zero-order valence-corrected chi connectivity index (χ0v) is 9.06. The highest BCUT2D eigenvalue weighted by Crippen LogP contribution is 2.33. The fourth-order valence-corrected chi connectivity index (χ4v) is 2.19. The van der Waals surface area contributed by atoms with Crippen LogP contribution in [0.5, 0.6) is 0 Å². The number of fused-ring (bicyclic) bond motifs is 1. The van der Waals surface area contributed by atoms with Gasteiger partial charge in [-0.2, -0.15) is 13.2 Å². The minimum Gasteiger partial charge on any atom is -0.310 e. The maximum atomic E-state index is 12.5. The van der Waals surface area contributed by atoms with Crippen molar-refractivity contribution in [3.8, 4) is 0 Å². The van der Waals surface area contributed by atoms with Crippen molar-refractivity contribution in [3.63, 3.8) is 0 Å². The van der Waals surface area contributed by atoms with Crippen molar-refractivity contribution in [1.82, 2.24) is 5.32 Å². The van der Waals surface area contributed by atoms with Gasteiger partial charge in [0.05, 0.1) is 5.56 Å². The van der Waals surface area contributed by atoms with Gasteiger partial charge >= 0.3 is 6.18 Å². The second kappa shape index (κ2) is 4.09. The molecule has 88 valence electrons. The lowest BCUT2D eigenvalue weighted by atomic mass is 9.91. The van der Waals surface area contributed by atoms with E-state index >= 15 is 0 Å². The van der Waals surface area contributed by atoms with Gasteiger partial charge in [-0.15, -0.1) is 0 Å². The monoisotopic (exact) mass is 229 g/mol. The molecule has 0 spiro atoms. The number of benzene rings is 1. The molecule has 1 aliphatic heterocycles. The zero-order valence-electron chi connectivity index (χ0n) is 9.06. The number of hydrogen-bond acceptors (Lipinski definition) is 1. The molecule has 1 unspecified atom stereocenters. The Labute approximate surface area is 92.7 Å². The van der Waals surface area contributed by atoms with Crippen molar-refractivity contribution in [2.24, 2.45) is 0 Å². The third-order valence-electron chi connectivity index (χ3n) is 3.04. The van der Waals surface area contributed by atoms with Crippen LogP contribution in [0, 0.1) is 0 Å². The summed E-state index contributed by atoms with van der Waals surface area (Å²) in [5, 5.41) is 3.30. The molecule has 1 heterocycles. The van der Waals surface area contributed by atoms with Gasteiger partial charge in [0.2, 0.25) is 0 Å². The molecule has 1 nitrogen and oxygen atoms in total. The summed E-state index contributed by atoms with van der Waals surface area (Å²) in [6.07, 6.45) is -2.66. The molecular formula is C12H14F3N. The van der Waals surface area contributed by atoms with Crippen LogP contribution in [0.1, 0.15) is 36.1 Å². The third kappa shape index (κ3) is 2.07. The van der Waals surface area contributed by atoms with Crippen molar-refractivity contribution in [3.05, 3.63) is 34.9 Å². The van der Waals surface area contributed by atoms with Crippen molar-refractivity contribution in [2.45, 2.75) is 32.0 Å². The van der Waals surface area contributed by atoms with Crippen molar-refractivity contribution >= 4 is 0 Å². The normalized spacial score (nSPS) is 20.6. The average Bonchev–Trinajstić information content (AvgIpc) is 2.26. The summed E-state index contributed by atoms with van der Waals surface area (Å²) in [6, 6.07) is 4.28. The van der Waals surface area contributed by atoms with Crippen LogP contribution < -0.4 is 5.32 Å². The molecule has 1 atom stereocenters. The molecule has 0 fully saturated rings. The predicted octanol–water partition coefficient (Wildman–Crippen LogP) is 3.30. The minimum absolute atomic E-state index is 0.200. The van der Waals surface area contributed by atoms with E-state index in [2.05, 4.69) is 5.32 Å². The van der Waals surface area contributed by atoms with E-state index in [0.717, 1.165) is 24.1 Å². The Hall–Kier alpha value is -1.03. The molecule has 0 aliphatic carbocycles. The van der Waals surface area contributed by atoms with E-state index in [1.165, 1.54) is 12.1 Å². The molecule has 1 aromatic rings. The Balaban J connectivity index is 2.39. The fraction of sp³-hybridized carbons (Fsp3) is 0.500. The molecule has 1 N–H and O–H groups in total. The predicted molar refractivity (Wildman–Crippen MR) is 56.2 cm³/mol. The van der Waals surface area contributed by atoms with E-state index in [9.17, 15) is 13.2 Å². The first kappa shape index (κ1) is 11.5. The highest BCUT2D eigenvalue weighted by atomic mass is 19.4. The molecule has 0 aromatic heterocycles. The lowest BCUT2D eigenvalue weighted by Crippen LogP contribution is -2.29. The zero-order chi connectivity index (χ0) is 11.8. The van der Waals surface area contributed by atoms with Crippen molar-refractivity contribution in [2.75, 3.05) is 6.54 Å². The van der Waals surface area contributed by atoms with Crippen LogP contribution in [-0.2, 0) is 12.6 Å². The van der Waals surface area contributed by atoms with E-state index in [0.29, 0.717) is 6.42 Å². The SMILES string of the molecule is CCC1NCCc2cc(C(F)(F)F)ccc21. The summed E-state index contributed by atoms with van der Waals surface area (Å²) in [6.45, 7) is 2.79. The van der Waals surface area contributed by atoms with E-state index < -0.39 is 11.7 Å². The maximum Gasteiger partial charge on any atom is 0.416 e. The number of nitrogens with one attached hydrogen (secondary N) is 1. The van der Waals surface area contributed by atoms with Gasteiger partial charge in [-0.25, -0.2) is 0 Å². The molecule has 0 radical (unpaired) electrons. The van der Waals surface area contributed by atoms with Gasteiger partial charge < -0.3 is 5.32 Å². The molecule has 0 amide bonds. The number of halogens is 3. The van der Waals surface area contributed by atoms with Crippen LogP contribution in [-0.4, -0.2) is 6.54 Å². The Kier molecular flexibility index (Phi) is 2.93. The van der Waals surface area contributed by atoms with Gasteiger partial charge in [-0.1, -0.05) is 13.0 Å². The Morgan fingerprint density at radius 2 is 2.12 bits per heavy atom. The van der Waals surface area contributed by atoms with Gasteiger partial charge in [0.15, 0.2) is 0 Å². The first-order chi connectivity index (χ1) is 7.52. The topological polar surface area (TPSA) is 12.0 Å². The second-order valence-corrected chi connectivity index (χ2v) is 4.08. The molecule has 0 bridgehead atoms. The van der Waals surface area contributed by atoms with Crippen LogP contribution in [0.4, 0.5) is 13.2 Å². The Morgan fingerprint density at radius 3 is 2.75 bits per heavy atom. The minimum atomic E-state index is -4.23. The molecule has 2 rings (SSSR count). The lowest BCUT2D eigenvalue weighted by molar-refractivity contribution is -0.137. The number of rotatable bonds is 1. The maximum absolute atomic E-state index is 12.5. The van der Waals surface area contributed by atoms with Crippen LogP contribution in [0.25, 0.3) is 0 Å². The molecule has 0 saturated heterocycles. The van der Waals surface area contributed by atoms with Gasteiger partial charge in [0.25, 0.3) is 0 Å². The summed E-state index contributed by atoms with van der Waals surface area (Å²) in [5.74, 6) is 0. The van der Waals surface area contributed by atoms with E-state index in [4.69, 9.17) is 0 Å². The Morgan fingerprint density at radius 1 is 1.38 bits per heavy atom. The quantitative estimate of drug-likeness (QED) is 0.779. The van der Waals surface area contributed by atoms with E-state index in [-0.39, 0.29) is 6.04 Å². The molecular weight excluding hydrogens is 215 g/mol. The van der Waals surface area contributed by atoms with Gasteiger partial charge in [-0.3, -0.25) is 0 Å². The summed E-state index contributed by atoms with van der Waals surface area (Å²) in [7, 11) is 0. The first-order valence-corrected chi connectivity index (χ1v) is 5.45. The van der Waals surface area contributed by atoms with Crippen LogP contribution in [0.15, 0.2) is 18.2 Å². The van der Waals surface area contributed by atoms with E-state index in [1.54, 1.807) is 6.07 Å². The van der Waals surface area contributed by atoms with Gasteiger partial charge in [0.1, 0.15) is 0 Å². The largest absolute Gasteiger partial charge is 0.416 e. The van der Waals surface area contributed by atoms with E-state index in [1.807, 2.05) is 6.92 Å². The summed E-state index contributed by atoms with van der Waals surface area (Å²) in [5.41, 5.74) is 1.31. The average molecular weight is 229 g/mol. The van der Waals surface area contributed by atoms with Gasteiger partial charge in [-0.05, 0) is 42.6 Å². The number of alkyl halides is 3. The van der Waals surface area contributed by atoms with Crippen molar-refractivity contribution < 1.29 is 13.2 Å². The molecule has 4 heteroatoms. The van der Waals surface area contributed by atoms with Gasteiger partial charge in [0, 0.05) is 6.04 Å². The molecule has 0 saturated carbocycles.